The molecule has 0 spiro atoms. The second-order valence-corrected chi connectivity index (χ2v) is 12.8. The summed E-state index contributed by atoms with van der Waals surface area (Å²) in [6.07, 6.45) is 2.63. The molecule has 0 radical (unpaired) electrons. The first kappa shape index (κ1) is 30.2. The highest BCUT2D eigenvalue weighted by molar-refractivity contribution is 5.97. The minimum Gasteiger partial charge on any atom is -0.507 e. The molecule has 0 aliphatic heterocycles. The van der Waals surface area contributed by atoms with E-state index in [1.54, 1.807) is 0 Å². The van der Waals surface area contributed by atoms with Gasteiger partial charge in [-0.15, -0.1) is 0 Å². The van der Waals surface area contributed by atoms with Crippen molar-refractivity contribution in [1.82, 2.24) is 14.5 Å². The van der Waals surface area contributed by atoms with Gasteiger partial charge in [-0.2, -0.15) is 0 Å². The Bertz CT molecular complexity index is 2170. The fourth-order valence-electron chi connectivity index (χ4n) is 6.45. The molecule has 232 valence electrons. The summed E-state index contributed by atoms with van der Waals surface area (Å²) in [5, 5.41) is 11.8. The zero-order valence-corrected chi connectivity index (χ0v) is 27.4. The molecule has 0 fully saturated rings. The first-order valence-electron chi connectivity index (χ1n) is 16.4. The van der Waals surface area contributed by atoms with E-state index >= 15 is 0 Å². The van der Waals surface area contributed by atoms with Crippen molar-refractivity contribution in [2.75, 3.05) is 0 Å². The third kappa shape index (κ3) is 5.83. The van der Waals surface area contributed by atoms with Crippen LogP contribution in [0.25, 0.3) is 50.5 Å². The Morgan fingerprint density at radius 1 is 0.660 bits per heavy atom. The lowest BCUT2D eigenvalue weighted by atomic mass is 9.91. The monoisotopic (exact) mass is 613 g/mol. The third-order valence-corrected chi connectivity index (χ3v) is 8.99. The summed E-state index contributed by atoms with van der Waals surface area (Å²) >= 11 is 0. The molecule has 0 saturated carbocycles. The van der Waals surface area contributed by atoms with Crippen LogP contribution in [0.4, 0.5) is 0 Å². The average molecular weight is 614 g/mol. The number of aromatic hydroxyl groups is 1. The highest BCUT2D eigenvalue weighted by Crippen LogP contribution is 2.43. The number of pyridine rings is 1. The number of phenols is 1. The molecule has 0 aliphatic carbocycles. The summed E-state index contributed by atoms with van der Waals surface area (Å²) in [5.74, 6) is 1.48. The highest BCUT2D eigenvalue weighted by atomic mass is 16.3. The van der Waals surface area contributed by atoms with Gasteiger partial charge >= 0.3 is 0 Å². The molecule has 47 heavy (non-hydrogen) atoms. The maximum Gasteiger partial charge on any atom is 0.149 e. The topological polar surface area (TPSA) is 50.9 Å². The molecule has 0 unspecified atom stereocenters. The number of aromatic nitrogens is 3. The van der Waals surface area contributed by atoms with Crippen LogP contribution >= 0.6 is 0 Å². The number of nitrogens with zero attached hydrogens (tertiary/aromatic N) is 3. The van der Waals surface area contributed by atoms with Gasteiger partial charge in [0.25, 0.3) is 0 Å². The van der Waals surface area contributed by atoms with Gasteiger partial charge in [0.15, 0.2) is 0 Å². The van der Waals surface area contributed by atoms with Crippen molar-refractivity contribution in [3.8, 4) is 45.2 Å². The fraction of sp³-hybridized carbons (Fsp3) is 0.163. The molecule has 0 aliphatic rings. The van der Waals surface area contributed by atoms with Gasteiger partial charge in [0.1, 0.15) is 11.6 Å². The molecular weight excluding hydrogens is 574 g/mol. The molecule has 7 rings (SSSR count). The average Bonchev–Trinajstić information content (AvgIpc) is 3.49. The smallest absolute Gasteiger partial charge is 0.149 e. The van der Waals surface area contributed by atoms with E-state index in [1.807, 2.05) is 36.5 Å². The SMILES string of the molecule is CC(C)c1cc(-c2nc3c(-c4cc(-c5ccccn5)ccc4Cc4ccccc4)cccc3n2-c2ccccc2)c(O)c(C(C)C)c1. The minimum atomic E-state index is 0.160. The quantitative estimate of drug-likeness (QED) is 0.185. The Morgan fingerprint density at radius 2 is 1.40 bits per heavy atom. The van der Waals surface area contributed by atoms with Crippen LogP contribution in [0.15, 0.2) is 134 Å². The van der Waals surface area contributed by atoms with Gasteiger partial charge in [-0.05, 0) is 88.5 Å². The van der Waals surface area contributed by atoms with Gasteiger partial charge in [0, 0.05) is 23.0 Å². The number of benzene rings is 5. The van der Waals surface area contributed by atoms with Gasteiger partial charge < -0.3 is 5.11 Å². The van der Waals surface area contributed by atoms with E-state index < -0.39 is 0 Å². The molecule has 4 heteroatoms. The van der Waals surface area contributed by atoms with Crippen molar-refractivity contribution in [1.29, 1.82) is 0 Å². The Hall–Kier alpha value is -5.48. The molecule has 7 aromatic rings. The van der Waals surface area contributed by atoms with Crippen LogP contribution in [0, 0.1) is 0 Å². The number of hydrogen-bond donors (Lipinski definition) is 1. The summed E-state index contributed by atoms with van der Waals surface area (Å²) < 4.78 is 2.20. The van der Waals surface area contributed by atoms with Crippen molar-refractivity contribution >= 4 is 11.0 Å². The van der Waals surface area contributed by atoms with Gasteiger partial charge in [-0.25, -0.2) is 4.98 Å². The predicted molar refractivity (Wildman–Crippen MR) is 194 cm³/mol. The van der Waals surface area contributed by atoms with Crippen LogP contribution in [0.2, 0.25) is 0 Å². The molecule has 2 aromatic heterocycles. The van der Waals surface area contributed by atoms with E-state index in [0.717, 1.165) is 62.5 Å². The van der Waals surface area contributed by atoms with E-state index in [4.69, 9.17) is 4.98 Å². The summed E-state index contributed by atoms with van der Waals surface area (Å²) in [6, 6.07) is 44.3. The molecule has 4 nitrogen and oxygen atoms in total. The fourth-order valence-corrected chi connectivity index (χ4v) is 6.45. The first-order valence-corrected chi connectivity index (χ1v) is 16.4. The molecular formula is C43H39N3O. The molecule has 0 atom stereocenters. The summed E-state index contributed by atoms with van der Waals surface area (Å²) in [5.41, 5.74) is 12.3. The lowest BCUT2D eigenvalue weighted by Crippen LogP contribution is -2.01. The maximum absolute atomic E-state index is 11.8. The lowest BCUT2D eigenvalue weighted by Gasteiger charge is -2.18. The summed E-state index contributed by atoms with van der Waals surface area (Å²) in [4.78, 5) is 10.1. The molecule has 0 bridgehead atoms. The maximum atomic E-state index is 11.8. The Labute approximate surface area is 277 Å². The van der Waals surface area contributed by atoms with Crippen LogP contribution in [-0.4, -0.2) is 19.6 Å². The van der Waals surface area contributed by atoms with Crippen molar-refractivity contribution in [2.24, 2.45) is 0 Å². The van der Waals surface area contributed by atoms with Gasteiger partial charge in [-0.1, -0.05) is 113 Å². The third-order valence-electron chi connectivity index (χ3n) is 8.99. The zero-order valence-electron chi connectivity index (χ0n) is 27.4. The van der Waals surface area contributed by atoms with Crippen LogP contribution in [0.3, 0.4) is 0 Å². The van der Waals surface area contributed by atoms with Gasteiger partial charge in [-0.3, -0.25) is 9.55 Å². The Balaban J connectivity index is 1.53. The number of para-hydroxylation sites is 2. The lowest BCUT2D eigenvalue weighted by molar-refractivity contribution is 0.466. The van der Waals surface area contributed by atoms with Crippen LogP contribution in [0.1, 0.15) is 61.8 Å². The Kier molecular flexibility index (Phi) is 8.17. The summed E-state index contributed by atoms with van der Waals surface area (Å²) in [7, 11) is 0. The highest BCUT2D eigenvalue weighted by Gasteiger charge is 2.24. The second-order valence-electron chi connectivity index (χ2n) is 12.8. The van der Waals surface area contributed by atoms with E-state index in [1.165, 1.54) is 16.7 Å². The number of hydrogen-bond acceptors (Lipinski definition) is 3. The standard InChI is InChI=1S/C43H39N3O/c1-28(2)33-26-36(29(3)4)42(47)38(27-33)43-45-41-35(18-13-20-40(41)46(43)34-16-9-6-10-17-34)37-25-32(39-19-11-12-23-44-39)22-21-31(37)24-30-14-7-5-8-15-30/h5-23,25-29,47H,24H2,1-4H3. The predicted octanol–water partition coefficient (Wildman–Crippen LogP) is 11.0. The second kappa shape index (κ2) is 12.7. The molecule has 2 heterocycles. The molecule has 0 amide bonds. The van der Waals surface area contributed by atoms with Crippen molar-refractivity contribution < 1.29 is 5.11 Å². The molecule has 0 saturated heterocycles. The Morgan fingerprint density at radius 3 is 2.11 bits per heavy atom. The zero-order chi connectivity index (χ0) is 32.5. The molecule has 5 aromatic carbocycles. The van der Waals surface area contributed by atoms with E-state index in [2.05, 4.69) is 134 Å². The van der Waals surface area contributed by atoms with Crippen LogP contribution in [-0.2, 0) is 6.42 Å². The number of fused-ring (bicyclic) bond motifs is 1. The van der Waals surface area contributed by atoms with Crippen LogP contribution < -0.4 is 0 Å². The van der Waals surface area contributed by atoms with Crippen molar-refractivity contribution in [3.05, 3.63) is 156 Å². The summed E-state index contributed by atoms with van der Waals surface area (Å²) in [6.45, 7) is 8.65. The van der Waals surface area contributed by atoms with E-state index in [-0.39, 0.29) is 5.92 Å². The number of rotatable bonds is 8. The van der Waals surface area contributed by atoms with E-state index in [0.29, 0.717) is 11.7 Å². The van der Waals surface area contributed by atoms with Crippen LogP contribution in [0.5, 0.6) is 5.75 Å². The minimum absolute atomic E-state index is 0.160. The van der Waals surface area contributed by atoms with Gasteiger partial charge in [0.05, 0.1) is 22.3 Å². The first-order chi connectivity index (χ1) is 22.9. The largest absolute Gasteiger partial charge is 0.507 e. The van der Waals surface area contributed by atoms with Crippen molar-refractivity contribution in [2.45, 2.75) is 46.0 Å². The molecule has 1 N–H and O–H groups in total. The normalized spacial score (nSPS) is 11.5. The number of imidazole rings is 1. The van der Waals surface area contributed by atoms with Crippen molar-refractivity contribution in [3.63, 3.8) is 0 Å². The van der Waals surface area contributed by atoms with Gasteiger partial charge in [0.2, 0.25) is 0 Å². The number of phenolic OH excluding ortho intramolecular Hbond substituents is 1. The van der Waals surface area contributed by atoms with E-state index in [9.17, 15) is 5.11 Å².